The number of aromatic nitrogens is 2. The minimum atomic E-state index is 1.13. The summed E-state index contributed by atoms with van der Waals surface area (Å²) in [5, 5.41) is 5.01. The second-order valence-electron chi connectivity index (χ2n) is 16.2. The van der Waals surface area contributed by atoms with Crippen molar-refractivity contribution < 1.29 is 0 Å². The van der Waals surface area contributed by atoms with Gasteiger partial charge in [-0.05, 0) is 122 Å². The fraction of sp³-hybridized carbons (Fsp3) is 0. The van der Waals surface area contributed by atoms with Crippen molar-refractivity contribution in [2.24, 2.45) is 0 Å². The van der Waals surface area contributed by atoms with E-state index < -0.39 is 0 Å². The molecule has 0 amide bonds. The molecule has 0 radical (unpaired) electrons. The zero-order chi connectivity index (χ0) is 41.0. The predicted molar refractivity (Wildman–Crippen MR) is 262 cm³/mol. The molecule has 290 valence electrons. The molecule has 12 aromatic rings. The van der Waals surface area contributed by atoms with Crippen LogP contribution in [0.4, 0.5) is 0 Å². The molecule has 0 fully saturated rings. The summed E-state index contributed by atoms with van der Waals surface area (Å²) in [5.41, 5.74) is 19.1. The van der Waals surface area contributed by atoms with E-state index in [1.54, 1.807) is 0 Å². The van der Waals surface area contributed by atoms with Crippen LogP contribution in [-0.2, 0) is 0 Å². The Morgan fingerprint density at radius 3 is 0.903 bits per heavy atom. The molecule has 2 aromatic heterocycles. The van der Waals surface area contributed by atoms with Crippen molar-refractivity contribution >= 4 is 43.6 Å². The van der Waals surface area contributed by atoms with Gasteiger partial charge in [-0.25, -0.2) is 0 Å². The summed E-state index contributed by atoms with van der Waals surface area (Å²) >= 11 is 0. The summed E-state index contributed by atoms with van der Waals surface area (Å²) in [5.74, 6) is 0. The van der Waals surface area contributed by atoms with Crippen molar-refractivity contribution in [3.8, 4) is 67.0 Å². The number of hydrogen-bond donors (Lipinski definition) is 0. The van der Waals surface area contributed by atoms with E-state index in [9.17, 15) is 0 Å². The Kier molecular flexibility index (Phi) is 8.53. The van der Waals surface area contributed by atoms with Gasteiger partial charge in [0.1, 0.15) is 0 Å². The van der Waals surface area contributed by atoms with Crippen LogP contribution >= 0.6 is 0 Å². The second kappa shape index (κ2) is 14.8. The van der Waals surface area contributed by atoms with Gasteiger partial charge >= 0.3 is 0 Å². The first-order valence-corrected chi connectivity index (χ1v) is 21.3. The lowest BCUT2D eigenvalue weighted by molar-refractivity contribution is 1.17. The summed E-state index contributed by atoms with van der Waals surface area (Å²) in [6, 6.07) is 88.4. The third-order valence-corrected chi connectivity index (χ3v) is 12.5. The van der Waals surface area contributed by atoms with Gasteiger partial charge in [0.05, 0.1) is 22.1 Å². The van der Waals surface area contributed by atoms with E-state index in [2.05, 4.69) is 252 Å². The lowest BCUT2D eigenvalue weighted by atomic mass is 9.92. The first-order chi connectivity index (χ1) is 30.7. The Labute approximate surface area is 360 Å². The quantitative estimate of drug-likeness (QED) is 0.152. The summed E-state index contributed by atoms with van der Waals surface area (Å²) in [6.07, 6.45) is 0. The van der Waals surface area contributed by atoms with Gasteiger partial charge in [0, 0.05) is 32.9 Å². The van der Waals surface area contributed by atoms with Crippen LogP contribution in [0.5, 0.6) is 0 Å². The number of para-hydroxylation sites is 3. The molecule has 12 rings (SSSR count). The average molecular weight is 789 g/mol. The molecular weight excluding hydrogens is 749 g/mol. The van der Waals surface area contributed by atoms with Gasteiger partial charge in [-0.1, -0.05) is 176 Å². The summed E-state index contributed by atoms with van der Waals surface area (Å²) in [7, 11) is 0. The highest BCUT2D eigenvalue weighted by atomic mass is 15.0. The molecule has 2 heteroatoms. The van der Waals surface area contributed by atoms with Crippen LogP contribution in [-0.4, -0.2) is 9.13 Å². The molecule has 62 heavy (non-hydrogen) atoms. The second-order valence-corrected chi connectivity index (χ2v) is 16.2. The number of fused-ring (bicyclic) bond motifs is 6. The van der Waals surface area contributed by atoms with Crippen LogP contribution in [0.1, 0.15) is 0 Å². The summed E-state index contributed by atoms with van der Waals surface area (Å²) in [6.45, 7) is 0. The fourth-order valence-electron chi connectivity index (χ4n) is 9.48. The van der Waals surface area contributed by atoms with Gasteiger partial charge in [-0.2, -0.15) is 0 Å². The molecule has 0 aliphatic heterocycles. The van der Waals surface area contributed by atoms with Gasteiger partial charge in [0.15, 0.2) is 0 Å². The van der Waals surface area contributed by atoms with Crippen molar-refractivity contribution in [2.45, 2.75) is 0 Å². The Balaban J connectivity index is 0.952. The molecule has 0 unspecified atom stereocenters. The van der Waals surface area contributed by atoms with E-state index in [0.717, 1.165) is 11.4 Å². The molecule has 2 nitrogen and oxygen atoms in total. The fourth-order valence-corrected chi connectivity index (χ4v) is 9.48. The van der Waals surface area contributed by atoms with E-state index in [1.165, 1.54) is 99.2 Å². The molecule has 0 saturated heterocycles. The van der Waals surface area contributed by atoms with Crippen molar-refractivity contribution in [3.63, 3.8) is 0 Å². The molecule has 2 heterocycles. The molecule has 10 aromatic carbocycles. The SMILES string of the molecule is c1ccc(-c2ccc(-c3cc(-c4ccc(-c5ccccc5)cc4)cc(-c4ccc(-n5c6ccccc6c6cc(-n7c8ccccc8c8ccccc87)ccc65)cc4)c3)cc2)cc1. The molecule has 0 spiro atoms. The van der Waals surface area contributed by atoms with E-state index in [4.69, 9.17) is 0 Å². The van der Waals surface area contributed by atoms with E-state index in [1.807, 2.05) is 0 Å². The predicted octanol–water partition coefficient (Wildman–Crippen LogP) is 16.2. The maximum Gasteiger partial charge on any atom is 0.0542 e. The number of benzene rings is 10. The highest BCUT2D eigenvalue weighted by molar-refractivity contribution is 6.12. The van der Waals surface area contributed by atoms with Crippen molar-refractivity contribution in [3.05, 3.63) is 243 Å². The molecule has 0 N–H and O–H groups in total. The third-order valence-electron chi connectivity index (χ3n) is 12.5. The Morgan fingerprint density at radius 1 is 0.177 bits per heavy atom. The van der Waals surface area contributed by atoms with Gasteiger partial charge < -0.3 is 9.13 Å². The highest BCUT2D eigenvalue weighted by Crippen LogP contribution is 2.39. The molecule has 0 atom stereocenters. The molecular formula is C60H40N2. The third kappa shape index (κ3) is 6.12. The van der Waals surface area contributed by atoms with Gasteiger partial charge in [0.25, 0.3) is 0 Å². The maximum absolute atomic E-state index is 2.41. The van der Waals surface area contributed by atoms with E-state index >= 15 is 0 Å². The van der Waals surface area contributed by atoms with E-state index in [-0.39, 0.29) is 0 Å². The smallest absolute Gasteiger partial charge is 0.0542 e. The Hall–Kier alpha value is -8.20. The molecule has 0 saturated carbocycles. The summed E-state index contributed by atoms with van der Waals surface area (Å²) in [4.78, 5) is 0. The first-order valence-electron chi connectivity index (χ1n) is 21.3. The minimum absolute atomic E-state index is 1.13. The zero-order valence-corrected chi connectivity index (χ0v) is 34.0. The van der Waals surface area contributed by atoms with Crippen LogP contribution in [0.3, 0.4) is 0 Å². The van der Waals surface area contributed by atoms with Crippen LogP contribution in [0.2, 0.25) is 0 Å². The van der Waals surface area contributed by atoms with Crippen molar-refractivity contribution in [1.29, 1.82) is 0 Å². The average Bonchev–Trinajstić information content (AvgIpc) is 3.87. The minimum Gasteiger partial charge on any atom is -0.309 e. The monoisotopic (exact) mass is 788 g/mol. The number of nitrogens with zero attached hydrogens (tertiary/aromatic N) is 2. The molecule has 0 aliphatic carbocycles. The highest BCUT2D eigenvalue weighted by Gasteiger charge is 2.17. The van der Waals surface area contributed by atoms with Crippen molar-refractivity contribution in [1.82, 2.24) is 9.13 Å². The summed E-state index contributed by atoms with van der Waals surface area (Å²) < 4.78 is 4.82. The van der Waals surface area contributed by atoms with Crippen LogP contribution in [0, 0.1) is 0 Å². The molecule has 0 aliphatic rings. The van der Waals surface area contributed by atoms with Crippen LogP contribution in [0.15, 0.2) is 243 Å². The lowest BCUT2D eigenvalue weighted by Crippen LogP contribution is -1.96. The maximum atomic E-state index is 2.41. The first kappa shape index (κ1) is 35.7. The number of hydrogen-bond acceptors (Lipinski definition) is 0. The standard InChI is InChI=1S/C60H40N2/c1-3-13-41(14-4-1)43-23-27-45(28-24-43)48-37-49(46-29-25-44(26-30-46)42-15-5-2-6-16-42)39-50(38-48)47-31-33-51(34-32-47)61-59-22-12-9-19-55(59)56-40-52(35-36-60(56)61)62-57-20-10-7-17-53(57)54-18-8-11-21-58(54)62/h1-40H. The normalized spacial score (nSPS) is 11.5. The Morgan fingerprint density at radius 2 is 0.468 bits per heavy atom. The van der Waals surface area contributed by atoms with Crippen molar-refractivity contribution in [2.75, 3.05) is 0 Å². The van der Waals surface area contributed by atoms with Gasteiger partial charge in [0.2, 0.25) is 0 Å². The van der Waals surface area contributed by atoms with Gasteiger partial charge in [-0.3, -0.25) is 0 Å². The van der Waals surface area contributed by atoms with E-state index in [0.29, 0.717) is 0 Å². The van der Waals surface area contributed by atoms with Gasteiger partial charge in [-0.15, -0.1) is 0 Å². The zero-order valence-electron chi connectivity index (χ0n) is 34.0. The molecule has 0 bridgehead atoms. The largest absolute Gasteiger partial charge is 0.309 e. The Bertz CT molecular complexity index is 3420. The number of rotatable bonds is 7. The van der Waals surface area contributed by atoms with Crippen LogP contribution in [0.25, 0.3) is 111 Å². The topological polar surface area (TPSA) is 9.86 Å². The lowest BCUT2D eigenvalue weighted by Gasteiger charge is -2.14. The van der Waals surface area contributed by atoms with Crippen LogP contribution < -0.4 is 0 Å².